The van der Waals surface area contributed by atoms with Gasteiger partial charge in [0.05, 0.1) is 0 Å². The van der Waals surface area contributed by atoms with Crippen LogP contribution in [-0.4, -0.2) is 40.7 Å². The molecular weight excluding hydrogens is 320 g/mol. The molecule has 0 aliphatic carbocycles. The summed E-state index contributed by atoms with van der Waals surface area (Å²) in [5, 5.41) is 11.9. The van der Waals surface area contributed by atoms with Crippen LogP contribution in [0.15, 0.2) is 42.5 Å². The number of nitrogens with one attached hydrogen (secondary N) is 1. The van der Waals surface area contributed by atoms with Gasteiger partial charge in [-0.05, 0) is 43.4 Å². The number of carbonyl (C=O) groups is 1. The Labute approximate surface area is 146 Å². The van der Waals surface area contributed by atoms with Crippen LogP contribution in [0.4, 0.5) is 11.5 Å². The molecule has 0 bridgehead atoms. The Bertz CT molecular complexity index is 662. The topological polar surface area (TPSA) is 58.1 Å². The molecule has 1 aliphatic rings. The highest BCUT2D eigenvalue weighted by Gasteiger charge is 2.19. The summed E-state index contributed by atoms with van der Waals surface area (Å²) in [4.78, 5) is 14.5. The maximum atomic E-state index is 12.2. The Kier molecular flexibility index (Phi) is 5.69. The second-order valence-corrected chi connectivity index (χ2v) is 7.03. The highest BCUT2D eigenvalue weighted by Crippen LogP contribution is 2.23. The molecule has 0 spiro atoms. The van der Waals surface area contributed by atoms with E-state index >= 15 is 0 Å². The van der Waals surface area contributed by atoms with Gasteiger partial charge in [-0.15, -0.1) is 10.2 Å². The van der Waals surface area contributed by atoms with Crippen molar-refractivity contribution in [3.8, 4) is 0 Å². The quantitative estimate of drug-likeness (QED) is 0.922. The van der Waals surface area contributed by atoms with E-state index in [2.05, 4.69) is 26.7 Å². The van der Waals surface area contributed by atoms with Gasteiger partial charge in [-0.25, -0.2) is 0 Å². The summed E-state index contributed by atoms with van der Waals surface area (Å²) in [5.41, 5.74) is 1.09. The molecule has 0 saturated carbocycles. The largest absolute Gasteiger partial charge is 0.354 e. The molecule has 0 radical (unpaired) electrons. The first kappa shape index (κ1) is 16.8. The van der Waals surface area contributed by atoms with E-state index < -0.39 is 0 Å². The van der Waals surface area contributed by atoms with E-state index in [4.69, 9.17) is 0 Å². The maximum absolute atomic E-state index is 12.2. The molecule has 1 aromatic heterocycles. The number of benzene rings is 1. The smallest absolute Gasteiger partial charge is 0.276 e. The molecule has 126 valence electrons. The van der Waals surface area contributed by atoms with Gasteiger partial charge in [0.15, 0.2) is 11.5 Å². The molecule has 2 heterocycles. The lowest BCUT2D eigenvalue weighted by molar-refractivity contribution is 0.102. The third-order valence-electron chi connectivity index (χ3n) is 4.20. The third-order valence-corrected chi connectivity index (χ3v) is 5.25. The molecule has 1 aliphatic heterocycles. The predicted octanol–water partition coefficient (Wildman–Crippen LogP) is 3.45. The fourth-order valence-corrected chi connectivity index (χ4v) is 3.57. The zero-order chi connectivity index (χ0) is 16.8. The monoisotopic (exact) mass is 342 g/mol. The number of amides is 1. The standard InChI is InChI=1S/C18H22N4OS/c1-24-15-9-5-6-12-22(13-15)17-11-10-16(20-21-17)18(23)19-14-7-3-2-4-8-14/h2-4,7-8,10-11,15H,5-6,9,12-13H2,1H3,(H,19,23). The van der Waals surface area contributed by atoms with Crippen LogP contribution < -0.4 is 10.2 Å². The van der Waals surface area contributed by atoms with Gasteiger partial charge in [0.2, 0.25) is 0 Å². The fraction of sp³-hybridized carbons (Fsp3) is 0.389. The van der Waals surface area contributed by atoms with Gasteiger partial charge in [0.25, 0.3) is 5.91 Å². The zero-order valence-corrected chi connectivity index (χ0v) is 14.6. The van der Waals surface area contributed by atoms with Crippen LogP contribution in [0.2, 0.25) is 0 Å². The zero-order valence-electron chi connectivity index (χ0n) is 13.8. The summed E-state index contributed by atoms with van der Waals surface area (Å²) in [6.45, 7) is 1.99. The van der Waals surface area contributed by atoms with Gasteiger partial charge < -0.3 is 10.2 Å². The molecule has 6 heteroatoms. The van der Waals surface area contributed by atoms with Crippen molar-refractivity contribution >= 4 is 29.2 Å². The summed E-state index contributed by atoms with van der Waals surface area (Å²) in [7, 11) is 0. The summed E-state index contributed by atoms with van der Waals surface area (Å²) in [6, 6.07) is 13.0. The average Bonchev–Trinajstić information content (AvgIpc) is 2.88. The van der Waals surface area contributed by atoms with Crippen LogP contribution in [0.5, 0.6) is 0 Å². The Morgan fingerprint density at radius 2 is 2.00 bits per heavy atom. The van der Waals surface area contributed by atoms with Gasteiger partial charge in [-0.1, -0.05) is 24.6 Å². The number of anilines is 2. The summed E-state index contributed by atoms with van der Waals surface area (Å²) in [5.74, 6) is 0.616. The van der Waals surface area contributed by atoms with Crippen molar-refractivity contribution in [3.05, 3.63) is 48.2 Å². The fourth-order valence-electron chi connectivity index (χ4n) is 2.84. The molecule has 1 atom stereocenters. The molecule has 1 fully saturated rings. The van der Waals surface area contributed by atoms with E-state index in [1.54, 1.807) is 6.07 Å². The second-order valence-electron chi connectivity index (χ2n) is 5.90. The molecule has 3 rings (SSSR count). The van der Waals surface area contributed by atoms with E-state index in [-0.39, 0.29) is 5.91 Å². The molecule has 5 nitrogen and oxygen atoms in total. The minimum Gasteiger partial charge on any atom is -0.354 e. The first-order valence-corrected chi connectivity index (χ1v) is 9.53. The van der Waals surface area contributed by atoms with Crippen LogP contribution in [-0.2, 0) is 0 Å². The average molecular weight is 342 g/mol. The number of hydrogen-bond donors (Lipinski definition) is 1. The normalized spacial score (nSPS) is 18.0. The number of thioether (sulfide) groups is 1. The van der Waals surface area contributed by atoms with E-state index in [0.717, 1.165) is 24.6 Å². The Balaban J connectivity index is 1.67. The van der Waals surface area contributed by atoms with E-state index in [0.29, 0.717) is 10.9 Å². The summed E-state index contributed by atoms with van der Waals surface area (Å²) < 4.78 is 0. The van der Waals surface area contributed by atoms with Gasteiger partial charge in [-0.3, -0.25) is 4.79 Å². The highest BCUT2D eigenvalue weighted by atomic mass is 32.2. The van der Waals surface area contributed by atoms with Crippen LogP contribution in [0.3, 0.4) is 0 Å². The van der Waals surface area contributed by atoms with E-state index in [9.17, 15) is 4.79 Å². The van der Waals surface area contributed by atoms with Crippen LogP contribution >= 0.6 is 11.8 Å². The first-order valence-electron chi connectivity index (χ1n) is 8.24. The maximum Gasteiger partial charge on any atom is 0.276 e. The lowest BCUT2D eigenvalue weighted by Gasteiger charge is -2.24. The Morgan fingerprint density at radius 3 is 2.71 bits per heavy atom. The van der Waals surface area contributed by atoms with Gasteiger partial charge in [0, 0.05) is 24.0 Å². The minimum atomic E-state index is -0.238. The van der Waals surface area contributed by atoms with Crippen molar-refractivity contribution in [3.63, 3.8) is 0 Å². The number of nitrogens with zero attached hydrogens (tertiary/aromatic N) is 3. The van der Waals surface area contributed by atoms with Crippen LogP contribution in [0.1, 0.15) is 29.8 Å². The first-order chi connectivity index (χ1) is 11.8. The SMILES string of the molecule is CSC1CCCCN(c2ccc(C(=O)Nc3ccccc3)nn2)C1. The van der Waals surface area contributed by atoms with Crippen molar-refractivity contribution in [1.82, 2.24) is 10.2 Å². The molecule has 1 N–H and O–H groups in total. The number of rotatable bonds is 4. The number of carbonyl (C=O) groups excluding carboxylic acids is 1. The third kappa shape index (κ3) is 4.26. The van der Waals surface area contributed by atoms with Crippen LogP contribution in [0, 0.1) is 0 Å². The van der Waals surface area contributed by atoms with Gasteiger partial charge in [-0.2, -0.15) is 11.8 Å². The molecule has 24 heavy (non-hydrogen) atoms. The number of para-hydroxylation sites is 1. The molecular formula is C18H22N4OS. The van der Waals surface area contributed by atoms with Crippen molar-refractivity contribution < 1.29 is 4.79 Å². The number of hydrogen-bond acceptors (Lipinski definition) is 5. The molecule has 1 saturated heterocycles. The molecule has 2 aromatic rings. The van der Waals surface area contributed by atoms with Gasteiger partial charge >= 0.3 is 0 Å². The summed E-state index contributed by atoms with van der Waals surface area (Å²) >= 11 is 1.91. The van der Waals surface area contributed by atoms with Crippen molar-refractivity contribution in [1.29, 1.82) is 0 Å². The van der Waals surface area contributed by atoms with Gasteiger partial charge in [0.1, 0.15) is 0 Å². The predicted molar refractivity (Wildman–Crippen MR) is 99.8 cm³/mol. The Morgan fingerprint density at radius 1 is 1.17 bits per heavy atom. The Hall–Kier alpha value is -2.08. The lowest BCUT2D eigenvalue weighted by Crippen LogP contribution is -2.30. The minimum absolute atomic E-state index is 0.238. The van der Waals surface area contributed by atoms with Crippen LogP contribution in [0.25, 0.3) is 0 Å². The van der Waals surface area contributed by atoms with Crippen molar-refractivity contribution in [2.45, 2.75) is 24.5 Å². The molecule has 1 aromatic carbocycles. The highest BCUT2D eigenvalue weighted by molar-refractivity contribution is 7.99. The second kappa shape index (κ2) is 8.15. The molecule has 1 amide bonds. The van der Waals surface area contributed by atoms with E-state index in [1.807, 2.05) is 48.2 Å². The number of aromatic nitrogens is 2. The molecule has 1 unspecified atom stereocenters. The van der Waals surface area contributed by atoms with Crippen molar-refractivity contribution in [2.24, 2.45) is 0 Å². The lowest BCUT2D eigenvalue weighted by atomic mass is 10.2. The van der Waals surface area contributed by atoms with Crippen molar-refractivity contribution in [2.75, 3.05) is 29.6 Å². The summed E-state index contributed by atoms with van der Waals surface area (Å²) in [6.07, 6.45) is 5.85. The van der Waals surface area contributed by atoms with E-state index in [1.165, 1.54) is 19.3 Å².